The number of likely N-dealkylation sites (N-methyl/N-ethyl adjacent to an activating group) is 1. The molecule has 1 atom stereocenters. The first-order chi connectivity index (χ1) is 13.1. The third-order valence-corrected chi connectivity index (χ3v) is 6.12. The first kappa shape index (κ1) is 18.0. The number of fused-ring (bicyclic) bond motifs is 1. The molecule has 1 saturated heterocycles. The number of likely N-dealkylation sites (tertiary alicyclic amines) is 1. The van der Waals surface area contributed by atoms with Crippen molar-refractivity contribution in [2.45, 2.75) is 26.0 Å². The standard InChI is InChI=1S/C22H24N2O2S/c1-15-21(22(25)23-17-10-11-24(2)13-17)19-12-18(8-9-20(19)27-15)26-14-16-6-4-3-5-7-16/h3-9,12,17H,10-11,13-14H2,1-2H3,(H,23,25). The molecule has 2 aromatic carbocycles. The number of hydrogen-bond donors (Lipinski definition) is 1. The van der Waals surface area contributed by atoms with Gasteiger partial charge >= 0.3 is 0 Å². The number of hydrogen-bond acceptors (Lipinski definition) is 4. The van der Waals surface area contributed by atoms with Gasteiger partial charge in [-0.3, -0.25) is 4.79 Å². The SMILES string of the molecule is Cc1sc2ccc(OCc3ccccc3)cc2c1C(=O)NC1CCN(C)C1. The molecule has 0 aliphatic carbocycles. The van der Waals surface area contributed by atoms with Crippen LogP contribution in [0.15, 0.2) is 48.5 Å². The highest BCUT2D eigenvalue weighted by atomic mass is 32.1. The zero-order valence-corrected chi connectivity index (χ0v) is 16.5. The summed E-state index contributed by atoms with van der Waals surface area (Å²) in [6.45, 7) is 4.49. The van der Waals surface area contributed by atoms with E-state index >= 15 is 0 Å². The first-order valence-electron chi connectivity index (χ1n) is 9.29. The Morgan fingerprint density at radius 1 is 1.26 bits per heavy atom. The second kappa shape index (κ2) is 7.71. The number of rotatable bonds is 5. The second-order valence-electron chi connectivity index (χ2n) is 7.19. The van der Waals surface area contributed by atoms with Crippen molar-refractivity contribution in [1.82, 2.24) is 10.2 Å². The second-order valence-corrected chi connectivity index (χ2v) is 8.44. The van der Waals surface area contributed by atoms with Gasteiger partial charge in [-0.15, -0.1) is 11.3 Å². The fourth-order valence-electron chi connectivity index (χ4n) is 3.62. The molecule has 3 aromatic rings. The lowest BCUT2D eigenvalue weighted by atomic mass is 10.1. The molecule has 0 radical (unpaired) electrons. The molecular formula is C22H24N2O2S. The molecule has 1 amide bonds. The van der Waals surface area contributed by atoms with Crippen molar-refractivity contribution in [3.63, 3.8) is 0 Å². The highest BCUT2D eigenvalue weighted by molar-refractivity contribution is 7.19. The molecule has 140 valence electrons. The monoisotopic (exact) mass is 380 g/mol. The van der Waals surface area contributed by atoms with E-state index in [-0.39, 0.29) is 11.9 Å². The normalized spacial score (nSPS) is 17.3. The van der Waals surface area contributed by atoms with E-state index in [2.05, 4.69) is 17.3 Å². The summed E-state index contributed by atoms with van der Waals surface area (Å²) in [5.41, 5.74) is 1.91. The summed E-state index contributed by atoms with van der Waals surface area (Å²) in [5, 5.41) is 4.19. The Morgan fingerprint density at radius 2 is 2.07 bits per heavy atom. The van der Waals surface area contributed by atoms with Crippen molar-refractivity contribution in [2.75, 3.05) is 20.1 Å². The minimum atomic E-state index is 0.0271. The fraction of sp³-hybridized carbons (Fsp3) is 0.318. The van der Waals surface area contributed by atoms with Gasteiger partial charge in [-0.25, -0.2) is 0 Å². The van der Waals surface area contributed by atoms with Gasteiger partial charge in [0.2, 0.25) is 0 Å². The van der Waals surface area contributed by atoms with Gasteiger partial charge in [0.05, 0.1) is 5.56 Å². The zero-order valence-electron chi connectivity index (χ0n) is 15.7. The fourth-order valence-corrected chi connectivity index (χ4v) is 4.66. The van der Waals surface area contributed by atoms with Crippen LogP contribution in [0.25, 0.3) is 10.1 Å². The number of carbonyl (C=O) groups is 1. The number of carbonyl (C=O) groups excluding carboxylic acids is 1. The van der Waals surface area contributed by atoms with Crippen molar-refractivity contribution in [3.8, 4) is 5.75 Å². The summed E-state index contributed by atoms with van der Waals surface area (Å²) in [7, 11) is 2.09. The van der Waals surface area contributed by atoms with E-state index in [1.807, 2.05) is 55.5 Å². The van der Waals surface area contributed by atoms with Crippen molar-refractivity contribution >= 4 is 27.3 Å². The summed E-state index contributed by atoms with van der Waals surface area (Å²) in [5.74, 6) is 0.818. The molecule has 1 fully saturated rings. The lowest BCUT2D eigenvalue weighted by molar-refractivity contribution is 0.0940. The lowest BCUT2D eigenvalue weighted by Gasteiger charge is -2.13. The molecule has 27 heavy (non-hydrogen) atoms. The van der Waals surface area contributed by atoms with Crippen LogP contribution in [-0.4, -0.2) is 37.0 Å². The quantitative estimate of drug-likeness (QED) is 0.720. The number of ether oxygens (including phenoxy) is 1. The van der Waals surface area contributed by atoms with E-state index in [9.17, 15) is 4.79 Å². The third kappa shape index (κ3) is 3.99. The van der Waals surface area contributed by atoms with Crippen LogP contribution >= 0.6 is 11.3 Å². The molecule has 2 heterocycles. The van der Waals surface area contributed by atoms with Gasteiger partial charge in [0, 0.05) is 27.5 Å². The summed E-state index contributed by atoms with van der Waals surface area (Å²) >= 11 is 1.66. The van der Waals surface area contributed by atoms with Crippen LogP contribution in [0.3, 0.4) is 0 Å². The zero-order chi connectivity index (χ0) is 18.8. The maximum atomic E-state index is 12.9. The Hall–Kier alpha value is -2.37. The van der Waals surface area contributed by atoms with E-state index in [0.29, 0.717) is 6.61 Å². The van der Waals surface area contributed by atoms with Crippen LogP contribution in [-0.2, 0) is 6.61 Å². The smallest absolute Gasteiger partial charge is 0.253 e. The molecular weight excluding hydrogens is 356 g/mol. The number of amides is 1. The molecule has 1 unspecified atom stereocenters. The third-order valence-electron chi connectivity index (χ3n) is 5.04. The molecule has 0 saturated carbocycles. The Kier molecular flexibility index (Phi) is 5.14. The van der Waals surface area contributed by atoms with E-state index in [0.717, 1.165) is 51.4 Å². The molecule has 0 spiro atoms. The maximum Gasteiger partial charge on any atom is 0.253 e. The molecule has 1 aliphatic rings. The van der Waals surface area contributed by atoms with E-state index in [1.54, 1.807) is 11.3 Å². The van der Waals surface area contributed by atoms with Crippen molar-refractivity contribution in [1.29, 1.82) is 0 Å². The van der Waals surface area contributed by atoms with Gasteiger partial charge in [-0.05, 0) is 50.7 Å². The van der Waals surface area contributed by atoms with Crippen LogP contribution < -0.4 is 10.1 Å². The van der Waals surface area contributed by atoms with Gasteiger partial charge in [0.25, 0.3) is 5.91 Å². The Bertz CT molecular complexity index is 952. The highest BCUT2D eigenvalue weighted by Gasteiger charge is 2.24. The predicted molar refractivity (Wildman–Crippen MR) is 111 cm³/mol. The number of thiophene rings is 1. The number of nitrogens with one attached hydrogen (secondary N) is 1. The van der Waals surface area contributed by atoms with Crippen molar-refractivity contribution in [2.24, 2.45) is 0 Å². The summed E-state index contributed by atoms with van der Waals surface area (Å²) in [4.78, 5) is 16.2. The number of aryl methyl sites for hydroxylation is 1. The van der Waals surface area contributed by atoms with Gasteiger partial charge in [-0.1, -0.05) is 30.3 Å². The molecule has 1 N–H and O–H groups in total. The number of nitrogens with zero attached hydrogens (tertiary/aromatic N) is 1. The maximum absolute atomic E-state index is 12.9. The highest BCUT2D eigenvalue weighted by Crippen LogP contribution is 2.33. The van der Waals surface area contributed by atoms with E-state index in [1.165, 1.54) is 0 Å². The van der Waals surface area contributed by atoms with E-state index in [4.69, 9.17) is 4.74 Å². The van der Waals surface area contributed by atoms with Crippen LogP contribution in [0, 0.1) is 6.92 Å². The Balaban J connectivity index is 1.55. The minimum absolute atomic E-state index is 0.0271. The van der Waals surface area contributed by atoms with Gasteiger partial charge in [0.15, 0.2) is 0 Å². The summed E-state index contributed by atoms with van der Waals surface area (Å²) in [6, 6.07) is 16.4. The topological polar surface area (TPSA) is 41.6 Å². The molecule has 4 rings (SSSR count). The average Bonchev–Trinajstić information content (AvgIpc) is 3.22. The number of benzene rings is 2. The predicted octanol–water partition coefficient (Wildman–Crippen LogP) is 4.22. The first-order valence-corrected chi connectivity index (χ1v) is 10.1. The van der Waals surface area contributed by atoms with Gasteiger partial charge < -0.3 is 15.0 Å². The molecule has 1 aromatic heterocycles. The van der Waals surface area contributed by atoms with Gasteiger partial charge in [-0.2, -0.15) is 0 Å². The van der Waals surface area contributed by atoms with Crippen LogP contribution in [0.1, 0.15) is 27.2 Å². The molecule has 0 bridgehead atoms. The van der Waals surface area contributed by atoms with Crippen molar-refractivity contribution < 1.29 is 9.53 Å². The minimum Gasteiger partial charge on any atom is -0.489 e. The van der Waals surface area contributed by atoms with E-state index < -0.39 is 0 Å². The average molecular weight is 381 g/mol. The Labute approximate surface area is 163 Å². The summed E-state index contributed by atoms with van der Waals surface area (Å²) < 4.78 is 7.08. The lowest BCUT2D eigenvalue weighted by Crippen LogP contribution is -2.36. The molecule has 1 aliphatic heterocycles. The largest absolute Gasteiger partial charge is 0.489 e. The van der Waals surface area contributed by atoms with Crippen LogP contribution in [0.2, 0.25) is 0 Å². The van der Waals surface area contributed by atoms with Gasteiger partial charge in [0.1, 0.15) is 12.4 Å². The summed E-state index contributed by atoms with van der Waals surface area (Å²) in [6.07, 6.45) is 1.01. The van der Waals surface area contributed by atoms with Crippen LogP contribution in [0.5, 0.6) is 5.75 Å². The van der Waals surface area contributed by atoms with Crippen molar-refractivity contribution in [3.05, 3.63) is 64.5 Å². The molecule has 4 nitrogen and oxygen atoms in total. The molecule has 5 heteroatoms. The van der Waals surface area contributed by atoms with Crippen LogP contribution in [0.4, 0.5) is 0 Å². The Morgan fingerprint density at radius 3 is 2.81 bits per heavy atom.